The number of phenols is 1. The first kappa shape index (κ1) is 16.3. The Morgan fingerprint density at radius 2 is 1.80 bits per heavy atom. The van der Waals surface area contributed by atoms with Crippen LogP contribution >= 0.6 is 0 Å². The minimum Gasteiger partial charge on any atom is -0.508 e. The summed E-state index contributed by atoms with van der Waals surface area (Å²) in [7, 11) is 0. The molecule has 0 aliphatic heterocycles. The molecule has 0 unspecified atom stereocenters. The number of carbonyl (C=O) groups excluding carboxylic acids is 1. The number of nitrogens with one attached hydrogen (secondary N) is 1. The maximum Gasteiger partial charge on any atom is 0.361 e. The van der Waals surface area contributed by atoms with E-state index in [1.165, 1.54) is 18.3 Å². The lowest BCUT2D eigenvalue weighted by molar-refractivity contribution is 0.0455. The molecule has 0 bridgehead atoms. The molecule has 25 heavy (non-hydrogen) atoms. The second-order valence-corrected chi connectivity index (χ2v) is 5.28. The monoisotopic (exact) mass is 337 g/mol. The number of aromatic hydroxyl groups is 1. The van der Waals surface area contributed by atoms with Crippen molar-refractivity contribution in [1.29, 1.82) is 5.41 Å². The number of ether oxygens (including phenoxy) is 1. The first-order valence-corrected chi connectivity index (χ1v) is 7.42. The minimum absolute atomic E-state index is 0.0374. The molecule has 1 heterocycles. The highest BCUT2D eigenvalue weighted by atomic mass is 16.5. The number of nitrogens with zero attached hydrogens (tertiary/aromatic N) is 2. The molecule has 0 atom stereocenters. The van der Waals surface area contributed by atoms with Crippen LogP contribution in [0.2, 0.25) is 0 Å². The van der Waals surface area contributed by atoms with E-state index in [1.807, 2.05) is 18.2 Å². The van der Waals surface area contributed by atoms with Crippen LogP contribution in [0.1, 0.15) is 16.1 Å². The van der Waals surface area contributed by atoms with E-state index < -0.39 is 11.5 Å². The molecular formula is C18H15N3O4. The van der Waals surface area contributed by atoms with Crippen LogP contribution in [0.25, 0.3) is 11.3 Å². The lowest BCUT2D eigenvalue weighted by atomic mass is 10.1. The van der Waals surface area contributed by atoms with Crippen LogP contribution in [0.4, 0.5) is 0 Å². The van der Waals surface area contributed by atoms with Gasteiger partial charge in [0.2, 0.25) is 0 Å². The second-order valence-electron chi connectivity index (χ2n) is 5.28. The molecule has 0 spiro atoms. The molecule has 0 amide bonds. The summed E-state index contributed by atoms with van der Waals surface area (Å²) in [6.45, 7) is 0.0374. The van der Waals surface area contributed by atoms with E-state index in [-0.39, 0.29) is 23.7 Å². The zero-order valence-corrected chi connectivity index (χ0v) is 13.1. The van der Waals surface area contributed by atoms with Gasteiger partial charge in [-0.25, -0.2) is 9.78 Å². The van der Waals surface area contributed by atoms with Gasteiger partial charge in [0.05, 0.1) is 11.9 Å². The zero-order chi connectivity index (χ0) is 17.8. The lowest BCUT2D eigenvalue weighted by Crippen LogP contribution is -2.28. The number of rotatable bonds is 4. The molecule has 0 aliphatic rings. The number of aromatic nitrogens is 2. The van der Waals surface area contributed by atoms with Gasteiger partial charge in [-0.15, -0.1) is 0 Å². The molecule has 1 aromatic heterocycles. The van der Waals surface area contributed by atoms with Crippen molar-refractivity contribution in [3.05, 3.63) is 77.5 Å². The quantitative estimate of drug-likeness (QED) is 0.500. The lowest BCUT2D eigenvalue weighted by Gasteiger charge is -2.09. The van der Waals surface area contributed by atoms with Crippen LogP contribution in [-0.4, -0.2) is 26.0 Å². The third-order valence-corrected chi connectivity index (χ3v) is 3.50. The number of carbonyl (C=O) groups is 1. The fourth-order valence-corrected chi connectivity index (χ4v) is 2.20. The molecule has 3 rings (SSSR count). The normalized spacial score (nSPS) is 10.4. The molecule has 3 aromatic rings. The van der Waals surface area contributed by atoms with E-state index in [2.05, 4.69) is 4.98 Å². The van der Waals surface area contributed by atoms with Crippen molar-refractivity contribution in [1.82, 2.24) is 9.71 Å². The molecule has 2 aromatic carbocycles. The van der Waals surface area contributed by atoms with Crippen LogP contribution in [0.3, 0.4) is 0 Å². The van der Waals surface area contributed by atoms with Gasteiger partial charge in [-0.05, 0) is 29.8 Å². The molecule has 0 saturated carbocycles. The summed E-state index contributed by atoms with van der Waals surface area (Å²) >= 11 is 0. The van der Waals surface area contributed by atoms with E-state index in [4.69, 9.17) is 10.1 Å². The minimum atomic E-state index is -0.808. The van der Waals surface area contributed by atoms with Crippen molar-refractivity contribution in [2.75, 3.05) is 0 Å². The van der Waals surface area contributed by atoms with Crippen molar-refractivity contribution in [3.8, 4) is 17.0 Å². The molecule has 3 N–H and O–H groups in total. The average Bonchev–Trinajstić information content (AvgIpc) is 2.63. The predicted octanol–water partition coefficient (Wildman–Crippen LogP) is 2.33. The Morgan fingerprint density at radius 3 is 2.48 bits per heavy atom. The number of benzene rings is 2. The van der Waals surface area contributed by atoms with Crippen LogP contribution in [0.5, 0.6) is 5.75 Å². The SMILES string of the molecule is N=c1c(C(=O)OCc2ccccc2)nc(-c2ccc(O)cc2)cn1O. The molecule has 0 radical (unpaired) electrons. The first-order valence-electron chi connectivity index (χ1n) is 7.42. The molecule has 0 saturated heterocycles. The van der Waals surface area contributed by atoms with Gasteiger partial charge in [-0.3, -0.25) is 5.41 Å². The summed E-state index contributed by atoms with van der Waals surface area (Å²) in [6, 6.07) is 15.2. The Hall–Kier alpha value is -3.61. The van der Waals surface area contributed by atoms with Crippen molar-refractivity contribution in [2.45, 2.75) is 6.61 Å². The fraction of sp³-hybridized carbons (Fsp3) is 0.0556. The fourth-order valence-electron chi connectivity index (χ4n) is 2.20. The van der Waals surface area contributed by atoms with E-state index in [9.17, 15) is 15.1 Å². The molecule has 0 fully saturated rings. The van der Waals surface area contributed by atoms with Crippen LogP contribution in [0.15, 0.2) is 60.8 Å². The van der Waals surface area contributed by atoms with Crippen molar-refractivity contribution >= 4 is 5.97 Å². The van der Waals surface area contributed by atoms with E-state index >= 15 is 0 Å². The first-order chi connectivity index (χ1) is 12.0. The van der Waals surface area contributed by atoms with Crippen LogP contribution < -0.4 is 5.49 Å². The summed E-state index contributed by atoms with van der Waals surface area (Å²) in [5, 5.41) is 27.0. The van der Waals surface area contributed by atoms with Gasteiger partial charge < -0.3 is 15.1 Å². The van der Waals surface area contributed by atoms with Crippen molar-refractivity contribution < 1.29 is 19.8 Å². The molecular weight excluding hydrogens is 322 g/mol. The Kier molecular flexibility index (Phi) is 4.47. The number of esters is 1. The van der Waals surface area contributed by atoms with Gasteiger partial charge in [-0.2, -0.15) is 4.73 Å². The molecule has 7 nitrogen and oxygen atoms in total. The van der Waals surface area contributed by atoms with Gasteiger partial charge in [0.1, 0.15) is 12.4 Å². The maximum absolute atomic E-state index is 12.3. The van der Waals surface area contributed by atoms with Crippen molar-refractivity contribution in [3.63, 3.8) is 0 Å². The summed E-state index contributed by atoms with van der Waals surface area (Å²) in [5.41, 5.74) is 0.862. The Bertz CT molecular complexity index is 950. The average molecular weight is 337 g/mol. The smallest absolute Gasteiger partial charge is 0.361 e. The standard InChI is InChI=1S/C18H15N3O4/c19-17-16(18(23)25-11-12-4-2-1-3-5-12)20-15(10-21(17)24)13-6-8-14(22)9-7-13/h1-10,19,22,24H,11H2. The van der Waals surface area contributed by atoms with E-state index in [1.54, 1.807) is 24.3 Å². The second kappa shape index (κ2) is 6.88. The molecule has 7 heteroatoms. The third kappa shape index (κ3) is 3.66. The van der Waals surface area contributed by atoms with Gasteiger partial charge >= 0.3 is 5.97 Å². The zero-order valence-electron chi connectivity index (χ0n) is 13.1. The van der Waals surface area contributed by atoms with Gasteiger partial charge in [0.15, 0.2) is 11.2 Å². The van der Waals surface area contributed by atoms with Crippen LogP contribution in [0, 0.1) is 5.41 Å². The molecule has 126 valence electrons. The van der Waals surface area contributed by atoms with Crippen molar-refractivity contribution in [2.24, 2.45) is 0 Å². The Balaban J connectivity index is 1.88. The van der Waals surface area contributed by atoms with E-state index in [0.717, 1.165) is 5.56 Å². The predicted molar refractivity (Wildman–Crippen MR) is 87.9 cm³/mol. The van der Waals surface area contributed by atoms with Gasteiger partial charge in [-0.1, -0.05) is 30.3 Å². The highest BCUT2D eigenvalue weighted by Crippen LogP contribution is 2.19. The highest BCUT2D eigenvalue weighted by molar-refractivity contribution is 5.87. The summed E-state index contributed by atoms with van der Waals surface area (Å²) in [5.74, 6) is -0.725. The summed E-state index contributed by atoms with van der Waals surface area (Å²) < 4.78 is 5.68. The number of phenolic OH excluding ortho intramolecular Hbond substituents is 1. The molecule has 0 aliphatic carbocycles. The number of hydrogen-bond donors (Lipinski definition) is 3. The Morgan fingerprint density at radius 1 is 1.12 bits per heavy atom. The largest absolute Gasteiger partial charge is 0.508 e. The summed E-state index contributed by atoms with van der Waals surface area (Å²) in [4.78, 5) is 16.4. The Labute approximate surface area is 142 Å². The van der Waals surface area contributed by atoms with Gasteiger partial charge in [0, 0.05) is 5.56 Å². The summed E-state index contributed by atoms with van der Waals surface area (Å²) in [6.07, 6.45) is 1.21. The van der Waals surface area contributed by atoms with E-state index in [0.29, 0.717) is 10.3 Å². The number of hydrogen-bond acceptors (Lipinski definition) is 6. The van der Waals surface area contributed by atoms with Crippen LogP contribution in [-0.2, 0) is 11.3 Å². The topological polar surface area (TPSA) is 108 Å². The third-order valence-electron chi connectivity index (χ3n) is 3.50. The van der Waals surface area contributed by atoms with Gasteiger partial charge in [0.25, 0.3) is 0 Å². The maximum atomic E-state index is 12.3. The highest BCUT2D eigenvalue weighted by Gasteiger charge is 2.16.